The Labute approximate surface area is 103 Å². The molecule has 1 aliphatic carbocycles. The maximum Gasteiger partial charge on any atom is 0.234 e. The van der Waals surface area contributed by atoms with E-state index >= 15 is 0 Å². The fourth-order valence-electron chi connectivity index (χ4n) is 2.25. The van der Waals surface area contributed by atoms with Crippen LogP contribution < -0.4 is 5.32 Å². The molecule has 100 valence electrons. The molecule has 1 fully saturated rings. The van der Waals surface area contributed by atoms with Gasteiger partial charge in [-0.3, -0.25) is 9.69 Å². The van der Waals surface area contributed by atoms with Crippen molar-refractivity contribution >= 4 is 5.91 Å². The van der Waals surface area contributed by atoms with Crippen LogP contribution >= 0.6 is 0 Å². The molecule has 3 N–H and O–H groups in total. The summed E-state index contributed by atoms with van der Waals surface area (Å²) in [5.41, 5.74) is 0. The first-order valence-electron chi connectivity index (χ1n) is 6.49. The SMILES string of the molecule is O=C(CN(CCO)CCCO)NC1CCCC1. The molecular formula is C12H24N2O3. The Bertz CT molecular complexity index is 218. The summed E-state index contributed by atoms with van der Waals surface area (Å²) in [5, 5.41) is 20.7. The van der Waals surface area contributed by atoms with Gasteiger partial charge >= 0.3 is 0 Å². The van der Waals surface area contributed by atoms with E-state index in [0.29, 0.717) is 32.1 Å². The second kappa shape index (κ2) is 8.44. The maximum absolute atomic E-state index is 11.8. The molecule has 0 unspecified atom stereocenters. The van der Waals surface area contributed by atoms with Crippen molar-refractivity contribution in [2.24, 2.45) is 0 Å². The second-order valence-corrected chi connectivity index (χ2v) is 4.63. The maximum atomic E-state index is 11.8. The van der Waals surface area contributed by atoms with Gasteiger partial charge in [-0.1, -0.05) is 12.8 Å². The Balaban J connectivity index is 2.23. The second-order valence-electron chi connectivity index (χ2n) is 4.63. The number of nitrogens with one attached hydrogen (secondary N) is 1. The van der Waals surface area contributed by atoms with Gasteiger partial charge in [-0.15, -0.1) is 0 Å². The molecule has 0 aromatic heterocycles. The number of nitrogens with zero attached hydrogens (tertiary/aromatic N) is 1. The van der Waals surface area contributed by atoms with Crippen molar-refractivity contribution in [2.45, 2.75) is 38.1 Å². The third kappa shape index (κ3) is 6.00. The molecule has 0 radical (unpaired) electrons. The summed E-state index contributed by atoms with van der Waals surface area (Å²) in [7, 11) is 0. The lowest BCUT2D eigenvalue weighted by Gasteiger charge is -2.21. The van der Waals surface area contributed by atoms with Crippen LogP contribution in [0.3, 0.4) is 0 Å². The fraction of sp³-hybridized carbons (Fsp3) is 0.917. The number of carbonyl (C=O) groups is 1. The summed E-state index contributed by atoms with van der Waals surface area (Å²) in [4.78, 5) is 13.6. The molecule has 5 heteroatoms. The highest BCUT2D eigenvalue weighted by Gasteiger charge is 2.18. The summed E-state index contributed by atoms with van der Waals surface area (Å²) in [5.74, 6) is 0.0308. The molecule has 0 bridgehead atoms. The largest absolute Gasteiger partial charge is 0.396 e. The molecule has 5 nitrogen and oxygen atoms in total. The van der Waals surface area contributed by atoms with Crippen molar-refractivity contribution in [3.63, 3.8) is 0 Å². The van der Waals surface area contributed by atoms with Gasteiger partial charge in [0, 0.05) is 25.7 Å². The van der Waals surface area contributed by atoms with Crippen LogP contribution in [-0.4, -0.2) is 59.9 Å². The molecule has 1 aliphatic rings. The molecule has 0 aromatic carbocycles. The van der Waals surface area contributed by atoms with Gasteiger partial charge in [0.1, 0.15) is 0 Å². The average Bonchev–Trinajstić information content (AvgIpc) is 2.78. The van der Waals surface area contributed by atoms with Crippen LogP contribution in [0.25, 0.3) is 0 Å². The Morgan fingerprint density at radius 1 is 1.18 bits per heavy atom. The van der Waals surface area contributed by atoms with Crippen molar-refractivity contribution in [2.75, 3.05) is 32.8 Å². The van der Waals surface area contributed by atoms with Crippen molar-refractivity contribution in [1.82, 2.24) is 10.2 Å². The quantitative estimate of drug-likeness (QED) is 0.549. The van der Waals surface area contributed by atoms with Gasteiger partial charge in [-0.2, -0.15) is 0 Å². The first-order valence-corrected chi connectivity index (χ1v) is 6.49. The molecule has 17 heavy (non-hydrogen) atoms. The lowest BCUT2D eigenvalue weighted by molar-refractivity contribution is -0.123. The number of carbonyl (C=O) groups excluding carboxylic acids is 1. The van der Waals surface area contributed by atoms with Crippen LogP contribution in [0.15, 0.2) is 0 Å². The number of amides is 1. The average molecular weight is 244 g/mol. The number of hydrogen-bond donors (Lipinski definition) is 3. The van der Waals surface area contributed by atoms with E-state index in [0.717, 1.165) is 12.8 Å². The third-order valence-corrected chi connectivity index (χ3v) is 3.14. The fourth-order valence-corrected chi connectivity index (χ4v) is 2.25. The smallest absolute Gasteiger partial charge is 0.234 e. The van der Waals surface area contributed by atoms with E-state index in [2.05, 4.69) is 5.32 Å². The molecular weight excluding hydrogens is 220 g/mol. The molecule has 0 aromatic rings. The van der Waals surface area contributed by atoms with Crippen molar-refractivity contribution in [3.05, 3.63) is 0 Å². The van der Waals surface area contributed by atoms with E-state index in [4.69, 9.17) is 10.2 Å². The monoisotopic (exact) mass is 244 g/mol. The van der Waals surface area contributed by atoms with Gasteiger partial charge < -0.3 is 15.5 Å². The first kappa shape index (κ1) is 14.4. The van der Waals surface area contributed by atoms with Gasteiger partial charge in [0.05, 0.1) is 13.2 Å². The molecule has 0 heterocycles. The van der Waals surface area contributed by atoms with Crippen LogP contribution in [-0.2, 0) is 4.79 Å². The minimum Gasteiger partial charge on any atom is -0.396 e. The van der Waals surface area contributed by atoms with Crippen LogP contribution in [0, 0.1) is 0 Å². The van der Waals surface area contributed by atoms with Crippen molar-refractivity contribution in [3.8, 4) is 0 Å². The summed E-state index contributed by atoms with van der Waals surface area (Å²) in [6, 6.07) is 0.344. The topological polar surface area (TPSA) is 72.8 Å². The number of hydrogen-bond acceptors (Lipinski definition) is 4. The summed E-state index contributed by atoms with van der Waals surface area (Å²) in [6.45, 7) is 1.61. The van der Waals surface area contributed by atoms with Gasteiger partial charge in [0.2, 0.25) is 5.91 Å². The van der Waals surface area contributed by atoms with Gasteiger partial charge in [-0.05, 0) is 19.3 Å². The van der Waals surface area contributed by atoms with Crippen LogP contribution in [0.5, 0.6) is 0 Å². The standard InChI is InChI=1S/C12H24N2O3/c15-8-3-6-14(7-9-16)10-12(17)13-11-4-1-2-5-11/h11,15-16H,1-10H2,(H,13,17). The minimum atomic E-state index is 0.0308. The van der Waals surface area contributed by atoms with E-state index in [-0.39, 0.29) is 19.1 Å². The zero-order valence-electron chi connectivity index (χ0n) is 10.4. The Kier molecular flexibility index (Phi) is 7.16. The predicted molar refractivity (Wildman–Crippen MR) is 65.6 cm³/mol. The minimum absolute atomic E-state index is 0.0308. The van der Waals surface area contributed by atoms with Crippen LogP contribution in [0.4, 0.5) is 0 Å². The molecule has 1 saturated carbocycles. The molecule has 1 amide bonds. The normalized spacial score (nSPS) is 16.6. The van der Waals surface area contributed by atoms with E-state index in [1.807, 2.05) is 4.90 Å². The Morgan fingerprint density at radius 2 is 1.88 bits per heavy atom. The molecule has 0 saturated heterocycles. The summed E-state index contributed by atoms with van der Waals surface area (Å²) < 4.78 is 0. The summed E-state index contributed by atoms with van der Waals surface area (Å²) in [6.07, 6.45) is 5.22. The number of aliphatic hydroxyl groups excluding tert-OH is 2. The Morgan fingerprint density at radius 3 is 2.47 bits per heavy atom. The van der Waals surface area contributed by atoms with Gasteiger partial charge in [0.25, 0.3) is 0 Å². The van der Waals surface area contributed by atoms with E-state index in [9.17, 15) is 4.79 Å². The van der Waals surface area contributed by atoms with Gasteiger partial charge in [-0.25, -0.2) is 0 Å². The van der Waals surface area contributed by atoms with Crippen LogP contribution in [0.1, 0.15) is 32.1 Å². The first-order chi connectivity index (χ1) is 8.26. The number of aliphatic hydroxyl groups is 2. The van der Waals surface area contributed by atoms with E-state index < -0.39 is 0 Å². The zero-order chi connectivity index (χ0) is 12.5. The van der Waals surface area contributed by atoms with Crippen LogP contribution in [0.2, 0.25) is 0 Å². The predicted octanol–water partition coefficient (Wildman–Crippen LogP) is -0.278. The van der Waals surface area contributed by atoms with Crippen molar-refractivity contribution < 1.29 is 15.0 Å². The molecule has 0 atom stereocenters. The lowest BCUT2D eigenvalue weighted by atomic mass is 10.2. The highest BCUT2D eigenvalue weighted by Crippen LogP contribution is 2.17. The molecule has 1 rings (SSSR count). The number of rotatable bonds is 8. The lowest BCUT2D eigenvalue weighted by Crippen LogP contribution is -2.42. The molecule has 0 spiro atoms. The summed E-state index contributed by atoms with van der Waals surface area (Å²) >= 11 is 0. The highest BCUT2D eigenvalue weighted by atomic mass is 16.3. The third-order valence-electron chi connectivity index (χ3n) is 3.14. The Hall–Kier alpha value is -0.650. The van der Waals surface area contributed by atoms with E-state index in [1.54, 1.807) is 0 Å². The zero-order valence-corrected chi connectivity index (χ0v) is 10.4. The van der Waals surface area contributed by atoms with Gasteiger partial charge in [0.15, 0.2) is 0 Å². The van der Waals surface area contributed by atoms with E-state index in [1.165, 1.54) is 12.8 Å². The van der Waals surface area contributed by atoms with Crippen molar-refractivity contribution in [1.29, 1.82) is 0 Å². The molecule has 0 aliphatic heterocycles. The highest BCUT2D eigenvalue weighted by molar-refractivity contribution is 5.78.